The van der Waals surface area contributed by atoms with Crippen molar-refractivity contribution in [1.82, 2.24) is 15.5 Å². The number of piperazine rings is 1. The van der Waals surface area contributed by atoms with E-state index < -0.39 is 0 Å². The molecule has 0 unspecified atom stereocenters. The number of rotatable bonds is 7. The molecule has 1 aliphatic heterocycles. The Morgan fingerprint density at radius 1 is 1.06 bits per heavy atom. The molecule has 0 bridgehead atoms. The summed E-state index contributed by atoms with van der Waals surface area (Å²) < 4.78 is 5.50. The minimum Gasteiger partial charge on any atom is -0.495 e. The van der Waals surface area contributed by atoms with E-state index in [9.17, 15) is 4.79 Å². The van der Waals surface area contributed by atoms with Crippen LogP contribution in [0.25, 0.3) is 0 Å². The summed E-state index contributed by atoms with van der Waals surface area (Å²) in [5.74, 6) is 1.58. The molecule has 7 nitrogen and oxygen atoms in total. The minimum absolute atomic E-state index is 0.184. The average Bonchev–Trinajstić information content (AvgIpc) is 2.81. The molecule has 0 radical (unpaired) electrons. The van der Waals surface area contributed by atoms with Crippen molar-refractivity contribution >= 4 is 29.2 Å². The van der Waals surface area contributed by atoms with Gasteiger partial charge in [0.25, 0.3) is 5.91 Å². The monoisotopic (exact) mass is 443 g/mol. The molecule has 1 heterocycles. The van der Waals surface area contributed by atoms with E-state index in [4.69, 9.17) is 21.3 Å². The quantitative estimate of drug-likeness (QED) is 0.391. The van der Waals surface area contributed by atoms with E-state index in [1.807, 2.05) is 18.2 Å². The first-order valence-electron chi connectivity index (χ1n) is 10.6. The van der Waals surface area contributed by atoms with Gasteiger partial charge in [-0.25, -0.2) is 0 Å². The zero-order valence-electron chi connectivity index (χ0n) is 18.1. The van der Waals surface area contributed by atoms with Gasteiger partial charge in [0.1, 0.15) is 5.75 Å². The van der Waals surface area contributed by atoms with Gasteiger partial charge in [0, 0.05) is 39.3 Å². The van der Waals surface area contributed by atoms with Gasteiger partial charge < -0.3 is 25.2 Å². The molecule has 1 amide bonds. The molecule has 0 atom stereocenters. The number of halogens is 1. The number of ether oxygens (including phenoxy) is 1. The summed E-state index contributed by atoms with van der Waals surface area (Å²) in [7, 11) is 1.70. The molecule has 2 N–H and O–H groups in total. The van der Waals surface area contributed by atoms with Crippen molar-refractivity contribution in [3.63, 3.8) is 0 Å². The van der Waals surface area contributed by atoms with E-state index >= 15 is 0 Å². The molecule has 1 saturated heterocycles. The van der Waals surface area contributed by atoms with E-state index in [1.54, 1.807) is 31.4 Å². The van der Waals surface area contributed by atoms with Crippen molar-refractivity contribution in [2.45, 2.75) is 6.92 Å². The number of amides is 1. The predicted molar refractivity (Wildman–Crippen MR) is 127 cm³/mol. The van der Waals surface area contributed by atoms with Crippen LogP contribution in [0, 0.1) is 0 Å². The van der Waals surface area contributed by atoms with Gasteiger partial charge in [0.15, 0.2) is 5.96 Å². The lowest BCUT2D eigenvalue weighted by molar-refractivity contribution is 0.0955. The first kappa shape index (κ1) is 22.7. The zero-order valence-corrected chi connectivity index (χ0v) is 18.9. The fraction of sp³-hybridized carbons (Fsp3) is 0.391. The van der Waals surface area contributed by atoms with Gasteiger partial charge in [0.2, 0.25) is 0 Å². The first-order chi connectivity index (χ1) is 15.1. The van der Waals surface area contributed by atoms with Crippen molar-refractivity contribution in [1.29, 1.82) is 0 Å². The fourth-order valence-electron chi connectivity index (χ4n) is 3.55. The number of nitrogens with zero attached hydrogens (tertiary/aromatic N) is 3. The third kappa shape index (κ3) is 6.04. The van der Waals surface area contributed by atoms with Crippen LogP contribution in [0.15, 0.2) is 53.5 Å². The topological polar surface area (TPSA) is 69.2 Å². The van der Waals surface area contributed by atoms with Crippen LogP contribution in [-0.4, -0.2) is 69.7 Å². The summed E-state index contributed by atoms with van der Waals surface area (Å²) in [6.07, 6.45) is 0. The van der Waals surface area contributed by atoms with E-state index in [0.717, 1.165) is 50.1 Å². The van der Waals surface area contributed by atoms with Crippen LogP contribution in [-0.2, 0) is 0 Å². The summed E-state index contributed by atoms with van der Waals surface area (Å²) in [4.78, 5) is 21.6. The second-order valence-electron chi connectivity index (χ2n) is 7.12. The van der Waals surface area contributed by atoms with E-state index in [-0.39, 0.29) is 5.91 Å². The lowest BCUT2D eigenvalue weighted by Crippen LogP contribution is -2.52. The molecule has 31 heavy (non-hydrogen) atoms. The van der Waals surface area contributed by atoms with Gasteiger partial charge in [0.05, 0.1) is 29.9 Å². The molecule has 0 aliphatic carbocycles. The highest BCUT2D eigenvalue weighted by Gasteiger charge is 2.21. The van der Waals surface area contributed by atoms with Crippen LogP contribution < -0.4 is 20.3 Å². The summed E-state index contributed by atoms with van der Waals surface area (Å²) in [6, 6.07) is 15.1. The molecular formula is C23H30ClN5O2. The van der Waals surface area contributed by atoms with Crippen LogP contribution in [0.2, 0.25) is 5.02 Å². The number of methoxy groups -OCH3 is 1. The number of benzene rings is 2. The maximum absolute atomic E-state index is 12.3. The molecule has 0 aromatic heterocycles. The van der Waals surface area contributed by atoms with Gasteiger partial charge in [-0.1, -0.05) is 35.9 Å². The summed E-state index contributed by atoms with van der Waals surface area (Å²) in [6.45, 7) is 7.26. The standard InChI is InChI=1S/C23H30ClN5O2/c1-3-25-23(27-13-12-26-22(30)18-8-4-5-9-19(18)24)29-16-14-28(15-17-29)20-10-6-7-11-21(20)31-2/h4-11H,3,12-17H2,1-2H3,(H,25,27)(H,26,30). The molecule has 0 spiro atoms. The number of carbonyl (C=O) groups excluding carboxylic acids is 1. The Kier molecular flexibility index (Phi) is 8.41. The van der Waals surface area contributed by atoms with E-state index in [0.29, 0.717) is 23.7 Å². The van der Waals surface area contributed by atoms with Crippen LogP contribution >= 0.6 is 11.6 Å². The summed E-state index contributed by atoms with van der Waals surface area (Å²) in [5, 5.41) is 6.69. The highest BCUT2D eigenvalue weighted by molar-refractivity contribution is 6.33. The van der Waals surface area contributed by atoms with Crippen LogP contribution in [0.1, 0.15) is 17.3 Å². The molecule has 3 rings (SSSR count). The van der Waals surface area contributed by atoms with Crippen LogP contribution in [0.4, 0.5) is 5.69 Å². The van der Waals surface area contributed by atoms with Crippen LogP contribution in [0.5, 0.6) is 5.75 Å². The predicted octanol–water partition coefficient (Wildman–Crippen LogP) is 2.87. The van der Waals surface area contributed by atoms with Crippen molar-refractivity contribution in [2.24, 2.45) is 4.99 Å². The SMILES string of the molecule is CCNC(=NCCNC(=O)c1ccccc1Cl)N1CCN(c2ccccc2OC)CC1. The number of nitrogens with one attached hydrogen (secondary N) is 2. The van der Waals surface area contributed by atoms with Gasteiger partial charge in [-0.2, -0.15) is 0 Å². The average molecular weight is 444 g/mol. The van der Waals surface area contributed by atoms with Gasteiger partial charge in [-0.3, -0.25) is 9.79 Å². The number of aliphatic imine (C=N–C) groups is 1. The van der Waals surface area contributed by atoms with Gasteiger partial charge >= 0.3 is 0 Å². The Morgan fingerprint density at radius 2 is 1.77 bits per heavy atom. The van der Waals surface area contributed by atoms with Crippen molar-refractivity contribution in [2.75, 3.05) is 57.8 Å². The fourth-order valence-corrected chi connectivity index (χ4v) is 3.77. The largest absolute Gasteiger partial charge is 0.495 e. The Morgan fingerprint density at radius 3 is 2.48 bits per heavy atom. The molecule has 1 aliphatic rings. The van der Waals surface area contributed by atoms with Crippen molar-refractivity contribution < 1.29 is 9.53 Å². The molecule has 1 fully saturated rings. The second kappa shape index (κ2) is 11.5. The molecule has 8 heteroatoms. The summed E-state index contributed by atoms with van der Waals surface area (Å²) >= 11 is 6.08. The van der Waals surface area contributed by atoms with Crippen molar-refractivity contribution in [3.05, 3.63) is 59.1 Å². The lowest BCUT2D eigenvalue weighted by atomic mass is 10.2. The number of hydrogen-bond donors (Lipinski definition) is 2. The minimum atomic E-state index is -0.184. The van der Waals surface area contributed by atoms with E-state index in [1.165, 1.54) is 0 Å². The number of carbonyl (C=O) groups is 1. The maximum atomic E-state index is 12.3. The van der Waals surface area contributed by atoms with Crippen molar-refractivity contribution in [3.8, 4) is 5.75 Å². The number of para-hydroxylation sites is 2. The third-order valence-corrected chi connectivity index (χ3v) is 5.45. The highest BCUT2D eigenvalue weighted by Crippen LogP contribution is 2.28. The molecule has 2 aromatic rings. The molecule has 0 saturated carbocycles. The number of anilines is 1. The normalized spacial score (nSPS) is 14.4. The van der Waals surface area contributed by atoms with Crippen LogP contribution in [0.3, 0.4) is 0 Å². The van der Waals surface area contributed by atoms with Gasteiger partial charge in [-0.05, 0) is 31.2 Å². The highest BCUT2D eigenvalue weighted by atomic mass is 35.5. The smallest absolute Gasteiger partial charge is 0.252 e. The summed E-state index contributed by atoms with van der Waals surface area (Å²) in [5.41, 5.74) is 1.60. The third-order valence-electron chi connectivity index (χ3n) is 5.12. The number of guanidine groups is 1. The maximum Gasteiger partial charge on any atom is 0.252 e. The molecule has 2 aromatic carbocycles. The Bertz CT molecular complexity index is 897. The number of hydrogen-bond acceptors (Lipinski definition) is 4. The second-order valence-corrected chi connectivity index (χ2v) is 7.52. The first-order valence-corrected chi connectivity index (χ1v) is 11.0. The van der Waals surface area contributed by atoms with E-state index in [2.05, 4.69) is 33.4 Å². The molecule has 166 valence electrons. The van der Waals surface area contributed by atoms with Gasteiger partial charge in [-0.15, -0.1) is 0 Å². The Labute approximate surface area is 189 Å². The Hall–Kier alpha value is -2.93. The lowest BCUT2D eigenvalue weighted by Gasteiger charge is -2.38. The Balaban J connectivity index is 1.53. The molecular weight excluding hydrogens is 414 g/mol. The zero-order chi connectivity index (χ0) is 22.1.